The van der Waals surface area contributed by atoms with Crippen molar-refractivity contribution in [3.05, 3.63) is 0 Å². The van der Waals surface area contributed by atoms with E-state index in [0.29, 0.717) is 31.6 Å². The molecule has 2 N–H and O–H groups in total. The summed E-state index contributed by atoms with van der Waals surface area (Å²) < 4.78 is 37.5. The van der Waals surface area contributed by atoms with Crippen molar-refractivity contribution in [3.63, 3.8) is 0 Å². The summed E-state index contributed by atoms with van der Waals surface area (Å²) in [6.45, 7) is 6.04. The summed E-state index contributed by atoms with van der Waals surface area (Å²) in [5.74, 6) is -0.621. The van der Waals surface area contributed by atoms with Gasteiger partial charge in [-0.25, -0.2) is 0 Å². The summed E-state index contributed by atoms with van der Waals surface area (Å²) in [5.41, 5.74) is 0. The Hall–Kier alpha value is -0.290. The molecule has 0 atom stereocenters. The van der Waals surface area contributed by atoms with Crippen LogP contribution in [0.2, 0.25) is 0 Å². The van der Waals surface area contributed by atoms with E-state index in [1.807, 2.05) is 0 Å². The van der Waals surface area contributed by atoms with E-state index in [1.54, 1.807) is 0 Å². The van der Waals surface area contributed by atoms with Gasteiger partial charge in [0.05, 0.1) is 5.92 Å². The minimum absolute atomic E-state index is 0.313. The summed E-state index contributed by atoms with van der Waals surface area (Å²) in [6, 6.07) is 0. The summed E-state index contributed by atoms with van der Waals surface area (Å²) in [6.07, 6.45) is 0.301. The van der Waals surface area contributed by atoms with Crippen LogP contribution in [0.3, 0.4) is 0 Å². The Labute approximate surface area is 114 Å². The quantitative estimate of drug-likeness (QED) is 0.666. The Bertz CT molecular complexity index is 223. The van der Waals surface area contributed by atoms with Gasteiger partial charge in [-0.05, 0) is 70.6 Å². The van der Waals surface area contributed by atoms with Gasteiger partial charge in [-0.15, -0.1) is 0 Å². The second-order valence-electron chi connectivity index (χ2n) is 5.57. The van der Waals surface area contributed by atoms with Crippen LogP contribution in [-0.4, -0.2) is 32.4 Å². The predicted octanol–water partition coefficient (Wildman–Crippen LogP) is 3.33. The average Bonchev–Trinajstić information content (AvgIpc) is 2.37. The molecular weight excluding hydrogens is 253 g/mol. The second-order valence-corrected chi connectivity index (χ2v) is 5.57. The lowest BCUT2D eigenvalue weighted by atomic mass is 9.81. The molecular formula is C14H27F3N2. The minimum atomic E-state index is -3.98. The minimum Gasteiger partial charge on any atom is -0.317 e. The highest BCUT2D eigenvalue weighted by Crippen LogP contribution is 2.39. The number of hydrogen-bond acceptors (Lipinski definition) is 2. The third kappa shape index (κ3) is 7.16. The fourth-order valence-electron chi connectivity index (χ4n) is 2.64. The molecule has 2 nitrogen and oxygen atoms in total. The SMILES string of the molecule is CCCNCCCNCC1CCC(C(F)(F)F)CC1. The Morgan fingerprint density at radius 1 is 0.947 bits per heavy atom. The molecule has 1 rings (SSSR count). The zero-order chi connectivity index (χ0) is 14.1. The van der Waals surface area contributed by atoms with Crippen molar-refractivity contribution in [2.45, 2.75) is 51.6 Å². The maximum atomic E-state index is 12.5. The number of alkyl halides is 3. The van der Waals surface area contributed by atoms with Crippen molar-refractivity contribution in [1.82, 2.24) is 10.6 Å². The van der Waals surface area contributed by atoms with Crippen LogP contribution in [0, 0.1) is 11.8 Å². The van der Waals surface area contributed by atoms with Crippen LogP contribution >= 0.6 is 0 Å². The molecule has 1 aliphatic carbocycles. The molecule has 0 aliphatic heterocycles. The molecule has 1 aliphatic rings. The van der Waals surface area contributed by atoms with E-state index in [4.69, 9.17) is 0 Å². The molecule has 1 fully saturated rings. The highest BCUT2D eigenvalue weighted by Gasteiger charge is 2.41. The fourth-order valence-corrected chi connectivity index (χ4v) is 2.64. The first-order chi connectivity index (χ1) is 9.04. The maximum absolute atomic E-state index is 12.5. The van der Waals surface area contributed by atoms with Crippen LogP contribution < -0.4 is 10.6 Å². The molecule has 0 heterocycles. The van der Waals surface area contributed by atoms with Gasteiger partial charge >= 0.3 is 6.18 Å². The first-order valence-corrected chi connectivity index (χ1v) is 7.52. The standard InChI is InChI=1S/C14H27F3N2/c1-2-8-18-9-3-10-19-11-12-4-6-13(7-5-12)14(15,16)17/h12-13,18-19H,2-11H2,1H3. The van der Waals surface area contributed by atoms with E-state index in [1.165, 1.54) is 0 Å². The van der Waals surface area contributed by atoms with E-state index in [0.717, 1.165) is 39.0 Å². The van der Waals surface area contributed by atoms with Gasteiger partial charge in [0.1, 0.15) is 0 Å². The Kier molecular flexibility index (Phi) is 7.76. The lowest BCUT2D eigenvalue weighted by molar-refractivity contribution is -0.183. The van der Waals surface area contributed by atoms with Crippen molar-refractivity contribution < 1.29 is 13.2 Å². The number of rotatable bonds is 8. The van der Waals surface area contributed by atoms with Gasteiger partial charge in [-0.1, -0.05) is 6.92 Å². The summed E-state index contributed by atoms with van der Waals surface area (Å²) in [7, 11) is 0. The fraction of sp³-hybridized carbons (Fsp3) is 1.00. The van der Waals surface area contributed by atoms with Gasteiger partial charge in [0.2, 0.25) is 0 Å². The molecule has 0 amide bonds. The van der Waals surface area contributed by atoms with Crippen molar-refractivity contribution in [3.8, 4) is 0 Å². The lowest BCUT2D eigenvalue weighted by Crippen LogP contribution is -2.32. The van der Waals surface area contributed by atoms with E-state index >= 15 is 0 Å². The van der Waals surface area contributed by atoms with Gasteiger partial charge in [0, 0.05) is 0 Å². The maximum Gasteiger partial charge on any atom is 0.391 e. The third-order valence-electron chi connectivity index (χ3n) is 3.88. The van der Waals surface area contributed by atoms with Crippen LogP contribution in [0.5, 0.6) is 0 Å². The molecule has 0 radical (unpaired) electrons. The van der Waals surface area contributed by atoms with Gasteiger partial charge < -0.3 is 10.6 Å². The van der Waals surface area contributed by atoms with Crippen LogP contribution in [0.25, 0.3) is 0 Å². The van der Waals surface area contributed by atoms with E-state index in [-0.39, 0.29) is 0 Å². The molecule has 19 heavy (non-hydrogen) atoms. The van der Waals surface area contributed by atoms with Crippen molar-refractivity contribution in [2.75, 3.05) is 26.2 Å². The van der Waals surface area contributed by atoms with Crippen molar-refractivity contribution in [2.24, 2.45) is 11.8 Å². The summed E-state index contributed by atoms with van der Waals surface area (Å²) in [4.78, 5) is 0. The number of hydrogen-bond donors (Lipinski definition) is 2. The third-order valence-corrected chi connectivity index (χ3v) is 3.88. The molecule has 1 saturated carbocycles. The van der Waals surface area contributed by atoms with Crippen molar-refractivity contribution in [1.29, 1.82) is 0 Å². The molecule has 0 aromatic rings. The smallest absolute Gasteiger partial charge is 0.317 e. The molecule has 5 heteroatoms. The lowest BCUT2D eigenvalue weighted by Gasteiger charge is -2.29. The molecule has 0 aromatic heterocycles. The zero-order valence-electron chi connectivity index (χ0n) is 11.9. The Morgan fingerprint density at radius 3 is 2.16 bits per heavy atom. The summed E-state index contributed by atoms with van der Waals surface area (Å²) in [5, 5.41) is 6.70. The average molecular weight is 280 g/mol. The van der Waals surface area contributed by atoms with Crippen LogP contribution in [-0.2, 0) is 0 Å². The highest BCUT2D eigenvalue weighted by molar-refractivity contribution is 4.78. The van der Waals surface area contributed by atoms with Crippen LogP contribution in [0.4, 0.5) is 13.2 Å². The predicted molar refractivity (Wildman–Crippen MR) is 72.2 cm³/mol. The van der Waals surface area contributed by atoms with Gasteiger partial charge in [0.25, 0.3) is 0 Å². The molecule has 114 valence electrons. The van der Waals surface area contributed by atoms with Crippen molar-refractivity contribution >= 4 is 0 Å². The molecule has 0 bridgehead atoms. The Morgan fingerprint density at radius 2 is 1.58 bits per heavy atom. The van der Waals surface area contributed by atoms with Crippen LogP contribution in [0.15, 0.2) is 0 Å². The van der Waals surface area contributed by atoms with Gasteiger partial charge in [-0.3, -0.25) is 0 Å². The van der Waals surface area contributed by atoms with E-state index < -0.39 is 12.1 Å². The normalized spacial score (nSPS) is 24.6. The summed E-state index contributed by atoms with van der Waals surface area (Å²) >= 11 is 0. The second kappa shape index (κ2) is 8.80. The largest absolute Gasteiger partial charge is 0.391 e. The topological polar surface area (TPSA) is 24.1 Å². The first-order valence-electron chi connectivity index (χ1n) is 7.52. The van der Waals surface area contributed by atoms with Gasteiger partial charge in [0.15, 0.2) is 0 Å². The Balaban J connectivity index is 1.98. The molecule has 0 saturated heterocycles. The van der Waals surface area contributed by atoms with Crippen LogP contribution in [0.1, 0.15) is 45.4 Å². The zero-order valence-corrected chi connectivity index (χ0v) is 11.9. The highest BCUT2D eigenvalue weighted by atomic mass is 19.4. The van der Waals surface area contributed by atoms with Gasteiger partial charge in [-0.2, -0.15) is 13.2 Å². The molecule has 0 spiro atoms. The monoisotopic (exact) mass is 280 g/mol. The van der Waals surface area contributed by atoms with E-state index in [2.05, 4.69) is 17.6 Å². The first kappa shape index (κ1) is 16.8. The molecule has 0 aromatic carbocycles. The number of nitrogens with one attached hydrogen (secondary N) is 2. The molecule has 0 unspecified atom stereocenters. The number of halogens is 3. The van der Waals surface area contributed by atoms with E-state index in [9.17, 15) is 13.2 Å².